The van der Waals surface area contributed by atoms with Crippen molar-refractivity contribution in [2.75, 3.05) is 13.7 Å². The third-order valence-corrected chi connectivity index (χ3v) is 2.03. The SMILES string of the molecule is COC(=O)C(C)O[C@@H]1CCCCO1. The van der Waals surface area contributed by atoms with Crippen LogP contribution in [-0.2, 0) is 19.0 Å². The fraction of sp³-hybridized carbons (Fsp3) is 0.889. The fourth-order valence-electron chi connectivity index (χ4n) is 1.27. The highest BCUT2D eigenvalue weighted by molar-refractivity contribution is 5.73. The van der Waals surface area contributed by atoms with Crippen LogP contribution in [0.5, 0.6) is 0 Å². The van der Waals surface area contributed by atoms with Gasteiger partial charge in [0.05, 0.1) is 7.11 Å². The monoisotopic (exact) mass is 188 g/mol. The minimum atomic E-state index is -0.534. The maximum absolute atomic E-state index is 11.0. The summed E-state index contributed by atoms with van der Waals surface area (Å²) in [7, 11) is 1.35. The molecule has 0 aromatic rings. The van der Waals surface area contributed by atoms with Crippen molar-refractivity contribution in [3.05, 3.63) is 0 Å². The number of carbonyl (C=O) groups is 1. The lowest BCUT2D eigenvalue weighted by atomic mass is 10.2. The quantitative estimate of drug-likeness (QED) is 0.622. The molecule has 0 aliphatic carbocycles. The lowest BCUT2D eigenvalue weighted by Crippen LogP contribution is -2.31. The molecule has 1 fully saturated rings. The topological polar surface area (TPSA) is 44.8 Å². The Bertz CT molecular complexity index is 163. The lowest BCUT2D eigenvalue weighted by molar-refractivity contribution is -0.199. The third-order valence-electron chi connectivity index (χ3n) is 2.03. The fourth-order valence-corrected chi connectivity index (χ4v) is 1.27. The second-order valence-corrected chi connectivity index (χ2v) is 3.10. The number of ether oxygens (including phenoxy) is 3. The van der Waals surface area contributed by atoms with Crippen LogP contribution in [0.15, 0.2) is 0 Å². The molecule has 76 valence electrons. The van der Waals surface area contributed by atoms with Gasteiger partial charge in [-0.15, -0.1) is 0 Å². The van der Waals surface area contributed by atoms with E-state index in [-0.39, 0.29) is 12.3 Å². The summed E-state index contributed by atoms with van der Waals surface area (Å²) in [5, 5.41) is 0. The van der Waals surface area contributed by atoms with Gasteiger partial charge in [0.1, 0.15) is 0 Å². The highest BCUT2D eigenvalue weighted by Gasteiger charge is 2.21. The van der Waals surface area contributed by atoms with Crippen molar-refractivity contribution in [3.8, 4) is 0 Å². The Labute approximate surface area is 78.2 Å². The highest BCUT2D eigenvalue weighted by Crippen LogP contribution is 2.15. The molecule has 0 bridgehead atoms. The zero-order valence-electron chi connectivity index (χ0n) is 8.12. The second kappa shape index (κ2) is 5.19. The molecule has 0 amide bonds. The molecule has 0 aromatic carbocycles. The van der Waals surface area contributed by atoms with Crippen molar-refractivity contribution < 1.29 is 19.0 Å². The predicted molar refractivity (Wildman–Crippen MR) is 46.2 cm³/mol. The molecular weight excluding hydrogens is 172 g/mol. The van der Waals surface area contributed by atoms with Gasteiger partial charge in [0.25, 0.3) is 0 Å². The van der Waals surface area contributed by atoms with Crippen LogP contribution in [0, 0.1) is 0 Å². The van der Waals surface area contributed by atoms with Crippen molar-refractivity contribution >= 4 is 5.97 Å². The lowest BCUT2D eigenvalue weighted by Gasteiger charge is -2.24. The van der Waals surface area contributed by atoms with Crippen LogP contribution in [0.4, 0.5) is 0 Å². The van der Waals surface area contributed by atoms with Crippen molar-refractivity contribution in [1.82, 2.24) is 0 Å². The van der Waals surface area contributed by atoms with Crippen LogP contribution in [0.3, 0.4) is 0 Å². The van der Waals surface area contributed by atoms with E-state index in [4.69, 9.17) is 9.47 Å². The number of methoxy groups -OCH3 is 1. The molecule has 1 aliphatic rings. The Morgan fingerprint density at radius 1 is 1.54 bits per heavy atom. The Hall–Kier alpha value is -0.610. The van der Waals surface area contributed by atoms with Gasteiger partial charge in [0.2, 0.25) is 0 Å². The second-order valence-electron chi connectivity index (χ2n) is 3.10. The Kier molecular flexibility index (Phi) is 4.18. The molecule has 2 atom stereocenters. The Morgan fingerprint density at radius 2 is 2.31 bits per heavy atom. The number of hydrogen-bond donors (Lipinski definition) is 0. The van der Waals surface area contributed by atoms with Gasteiger partial charge in [-0.2, -0.15) is 0 Å². The van der Waals surface area contributed by atoms with E-state index in [1.165, 1.54) is 7.11 Å². The van der Waals surface area contributed by atoms with Crippen molar-refractivity contribution in [2.45, 2.75) is 38.6 Å². The molecule has 1 saturated heterocycles. The summed E-state index contributed by atoms with van der Waals surface area (Å²) >= 11 is 0. The molecule has 0 N–H and O–H groups in total. The first-order valence-corrected chi connectivity index (χ1v) is 4.59. The van der Waals surface area contributed by atoms with Gasteiger partial charge in [-0.25, -0.2) is 4.79 Å². The maximum Gasteiger partial charge on any atom is 0.334 e. The van der Waals surface area contributed by atoms with Gasteiger partial charge in [0.15, 0.2) is 12.4 Å². The molecule has 0 saturated carbocycles. The summed E-state index contributed by atoms with van der Waals surface area (Å²) in [5.41, 5.74) is 0. The Morgan fingerprint density at radius 3 is 2.85 bits per heavy atom. The minimum Gasteiger partial charge on any atom is -0.467 e. The van der Waals surface area contributed by atoms with E-state index in [9.17, 15) is 4.79 Å². The maximum atomic E-state index is 11.0. The van der Waals surface area contributed by atoms with E-state index in [1.807, 2.05) is 0 Å². The summed E-state index contributed by atoms with van der Waals surface area (Å²) in [6.07, 6.45) is 2.27. The van der Waals surface area contributed by atoms with Crippen molar-refractivity contribution in [3.63, 3.8) is 0 Å². The van der Waals surface area contributed by atoms with Crippen molar-refractivity contribution in [1.29, 1.82) is 0 Å². The summed E-state index contributed by atoms with van der Waals surface area (Å²) in [6, 6.07) is 0. The predicted octanol–water partition coefficient (Wildman–Crippen LogP) is 1.09. The molecule has 0 aromatic heterocycles. The first-order valence-electron chi connectivity index (χ1n) is 4.59. The average Bonchev–Trinajstić information content (AvgIpc) is 2.18. The van der Waals surface area contributed by atoms with Crippen LogP contribution in [0.2, 0.25) is 0 Å². The van der Waals surface area contributed by atoms with Gasteiger partial charge in [-0.1, -0.05) is 0 Å². The molecular formula is C9H16O4. The van der Waals surface area contributed by atoms with Crippen LogP contribution in [0.1, 0.15) is 26.2 Å². The molecule has 1 rings (SSSR count). The van der Waals surface area contributed by atoms with Crippen molar-refractivity contribution in [2.24, 2.45) is 0 Å². The van der Waals surface area contributed by atoms with E-state index >= 15 is 0 Å². The van der Waals surface area contributed by atoms with E-state index < -0.39 is 6.10 Å². The standard InChI is InChI=1S/C9H16O4/c1-7(9(10)11-2)13-8-5-3-4-6-12-8/h7-8H,3-6H2,1-2H3/t7?,8-/m1/s1. The third kappa shape index (κ3) is 3.32. The van der Waals surface area contributed by atoms with Gasteiger partial charge >= 0.3 is 5.97 Å². The summed E-state index contributed by atoms with van der Waals surface area (Å²) in [6.45, 7) is 2.39. The number of rotatable bonds is 3. The average molecular weight is 188 g/mol. The summed E-state index contributed by atoms with van der Waals surface area (Å²) in [4.78, 5) is 11.0. The minimum absolute atomic E-state index is 0.233. The van der Waals surface area contributed by atoms with Crippen LogP contribution in [0.25, 0.3) is 0 Å². The zero-order valence-corrected chi connectivity index (χ0v) is 8.12. The van der Waals surface area contributed by atoms with Crippen LogP contribution in [-0.4, -0.2) is 32.1 Å². The molecule has 1 unspecified atom stereocenters. The van der Waals surface area contributed by atoms with E-state index in [2.05, 4.69) is 4.74 Å². The molecule has 13 heavy (non-hydrogen) atoms. The van der Waals surface area contributed by atoms with E-state index in [0.717, 1.165) is 25.9 Å². The van der Waals surface area contributed by atoms with Crippen LogP contribution >= 0.6 is 0 Å². The molecule has 1 aliphatic heterocycles. The molecule has 0 radical (unpaired) electrons. The summed E-state index contributed by atoms with van der Waals surface area (Å²) < 4.78 is 15.2. The molecule has 4 heteroatoms. The first kappa shape index (κ1) is 10.5. The van der Waals surface area contributed by atoms with E-state index in [0.29, 0.717) is 0 Å². The van der Waals surface area contributed by atoms with Gasteiger partial charge in [0, 0.05) is 6.61 Å². The summed E-state index contributed by atoms with van der Waals surface area (Å²) in [5.74, 6) is -0.353. The number of hydrogen-bond acceptors (Lipinski definition) is 4. The van der Waals surface area contributed by atoms with Gasteiger partial charge in [-0.05, 0) is 26.2 Å². The normalized spacial score (nSPS) is 25.2. The molecule has 0 spiro atoms. The zero-order chi connectivity index (χ0) is 9.68. The molecule has 1 heterocycles. The number of esters is 1. The first-order chi connectivity index (χ1) is 6.24. The molecule has 4 nitrogen and oxygen atoms in total. The Balaban J connectivity index is 2.25. The highest BCUT2D eigenvalue weighted by atomic mass is 16.7. The van der Waals surface area contributed by atoms with Gasteiger partial charge < -0.3 is 14.2 Å². The van der Waals surface area contributed by atoms with E-state index in [1.54, 1.807) is 6.92 Å². The van der Waals surface area contributed by atoms with Crippen LogP contribution < -0.4 is 0 Å². The smallest absolute Gasteiger partial charge is 0.334 e. The largest absolute Gasteiger partial charge is 0.467 e. The number of carbonyl (C=O) groups excluding carboxylic acids is 1. The van der Waals surface area contributed by atoms with Gasteiger partial charge in [-0.3, -0.25) is 0 Å².